The highest BCUT2D eigenvalue weighted by Crippen LogP contribution is 2.28. The minimum atomic E-state index is -4.15. The van der Waals surface area contributed by atoms with Crippen molar-refractivity contribution < 1.29 is 22.7 Å². The molecule has 0 aliphatic carbocycles. The van der Waals surface area contributed by atoms with E-state index < -0.39 is 34.1 Å². The lowest BCUT2D eigenvalue weighted by Crippen LogP contribution is -2.54. The molecule has 8 nitrogen and oxygen atoms in total. The van der Waals surface area contributed by atoms with Gasteiger partial charge in [-0.05, 0) is 76.9 Å². The fourth-order valence-electron chi connectivity index (χ4n) is 4.16. The first-order valence-electron chi connectivity index (χ1n) is 13.1. The van der Waals surface area contributed by atoms with E-state index in [1.54, 1.807) is 43.3 Å². The Hall–Kier alpha value is -3.85. The number of carbonyl (C=O) groups excluding carboxylic acids is 2. The summed E-state index contributed by atoms with van der Waals surface area (Å²) in [6.07, 6.45) is 0. The predicted molar refractivity (Wildman–Crippen MR) is 158 cm³/mol. The van der Waals surface area contributed by atoms with Gasteiger partial charge in [0.2, 0.25) is 11.8 Å². The van der Waals surface area contributed by atoms with Gasteiger partial charge in [0.1, 0.15) is 18.3 Å². The smallest absolute Gasteiger partial charge is 0.264 e. The second kappa shape index (κ2) is 12.6. The molecular weight excluding hydrogens is 526 g/mol. The molecule has 0 spiro atoms. The van der Waals surface area contributed by atoms with E-state index in [1.807, 2.05) is 58.9 Å². The molecule has 0 aromatic heterocycles. The second-order valence-corrected chi connectivity index (χ2v) is 12.8. The van der Waals surface area contributed by atoms with Crippen molar-refractivity contribution in [2.24, 2.45) is 0 Å². The van der Waals surface area contributed by atoms with Gasteiger partial charge in [-0.15, -0.1) is 0 Å². The molecule has 3 rings (SSSR count). The Balaban J connectivity index is 2.07. The second-order valence-electron chi connectivity index (χ2n) is 10.9. The van der Waals surface area contributed by atoms with Gasteiger partial charge in [-0.2, -0.15) is 0 Å². The van der Waals surface area contributed by atoms with Gasteiger partial charge in [0.15, 0.2) is 0 Å². The summed E-state index contributed by atoms with van der Waals surface area (Å²) in [5, 5.41) is 2.93. The van der Waals surface area contributed by atoms with Gasteiger partial charge in [-0.3, -0.25) is 13.9 Å². The van der Waals surface area contributed by atoms with Crippen molar-refractivity contribution in [3.05, 3.63) is 89.5 Å². The lowest BCUT2D eigenvalue weighted by atomic mass is 10.1. The summed E-state index contributed by atoms with van der Waals surface area (Å²) < 4.78 is 34.3. The van der Waals surface area contributed by atoms with Crippen molar-refractivity contribution in [2.45, 2.75) is 64.6 Å². The Morgan fingerprint density at radius 1 is 0.950 bits per heavy atom. The van der Waals surface area contributed by atoms with Gasteiger partial charge in [0.05, 0.1) is 17.7 Å². The third-order valence-electron chi connectivity index (χ3n) is 6.50. The fraction of sp³-hybridized carbons (Fsp3) is 0.355. The topological polar surface area (TPSA) is 96.0 Å². The van der Waals surface area contributed by atoms with E-state index in [4.69, 9.17) is 4.74 Å². The number of hydrogen-bond acceptors (Lipinski definition) is 5. The van der Waals surface area contributed by atoms with Crippen molar-refractivity contribution in [3.63, 3.8) is 0 Å². The summed E-state index contributed by atoms with van der Waals surface area (Å²) in [7, 11) is -2.66. The van der Waals surface area contributed by atoms with Gasteiger partial charge in [-0.1, -0.05) is 48.0 Å². The number of rotatable bonds is 10. The summed E-state index contributed by atoms with van der Waals surface area (Å²) in [4.78, 5) is 28.8. The standard InChI is InChI=1S/C31H39N3O5S/c1-22-15-17-28(18-16-22)40(37,38)34(26-13-10-14-27(19-26)39-7)21-29(35)33(20-25-12-9-8-11-23(25)2)24(3)30(36)32-31(4,5)6/h8-19,24H,20-21H2,1-7H3,(H,32,36)/t24-/m1/s1. The molecule has 0 fully saturated rings. The van der Waals surface area contributed by atoms with Crippen molar-refractivity contribution in [2.75, 3.05) is 18.0 Å². The van der Waals surface area contributed by atoms with Gasteiger partial charge < -0.3 is 15.0 Å². The maximum atomic E-state index is 14.0. The van der Waals surface area contributed by atoms with Crippen LogP contribution in [-0.2, 0) is 26.2 Å². The van der Waals surface area contributed by atoms with Gasteiger partial charge in [-0.25, -0.2) is 8.42 Å². The van der Waals surface area contributed by atoms with Crippen LogP contribution in [0.5, 0.6) is 5.75 Å². The van der Waals surface area contributed by atoms with Crippen LogP contribution in [0.4, 0.5) is 5.69 Å². The molecule has 0 unspecified atom stereocenters. The van der Waals surface area contributed by atoms with Crippen molar-refractivity contribution in [1.29, 1.82) is 0 Å². The molecule has 0 bridgehead atoms. The van der Waals surface area contributed by atoms with E-state index in [0.717, 1.165) is 21.0 Å². The van der Waals surface area contributed by atoms with Gasteiger partial charge in [0.25, 0.3) is 10.0 Å². The number of methoxy groups -OCH3 is 1. The molecule has 0 saturated heterocycles. The molecule has 0 aliphatic heterocycles. The molecule has 3 aromatic rings. The highest BCUT2D eigenvalue weighted by Gasteiger charge is 2.33. The van der Waals surface area contributed by atoms with Crippen molar-refractivity contribution in [1.82, 2.24) is 10.2 Å². The number of nitrogens with zero attached hydrogens (tertiary/aromatic N) is 2. The van der Waals surface area contributed by atoms with E-state index in [-0.39, 0.29) is 23.0 Å². The highest BCUT2D eigenvalue weighted by atomic mass is 32.2. The van der Waals surface area contributed by atoms with Crippen LogP contribution in [0.15, 0.2) is 77.7 Å². The molecule has 0 heterocycles. The minimum absolute atomic E-state index is 0.0534. The predicted octanol–water partition coefficient (Wildman–Crippen LogP) is 4.84. The van der Waals surface area contributed by atoms with Gasteiger partial charge >= 0.3 is 0 Å². The van der Waals surface area contributed by atoms with Crippen molar-refractivity contribution in [3.8, 4) is 5.75 Å². The normalized spacial score (nSPS) is 12.4. The first kappa shape index (κ1) is 30.7. The number of hydrogen-bond donors (Lipinski definition) is 1. The summed E-state index contributed by atoms with van der Waals surface area (Å²) in [6.45, 7) is 10.7. The van der Waals surface area contributed by atoms with E-state index in [2.05, 4.69) is 5.32 Å². The Labute approximate surface area is 238 Å². The molecule has 0 saturated carbocycles. The minimum Gasteiger partial charge on any atom is -0.497 e. The zero-order chi connectivity index (χ0) is 29.7. The summed E-state index contributed by atoms with van der Waals surface area (Å²) in [5.41, 5.74) is 2.49. The Morgan fingerprint density at radius 2 is 1.60 bits per heavy atom. The van der Waals surface area contributed by atoms with Crippen LogP contribution in [0.25, 0.3) is 0 Å². The number of aryl methyl sites for hydroxylation is 2. The van der Waals surface area contributed by atoms with Gasteiger partial charge in [0, 0.05) is 18.2 Å². The van der Waals surface area contributed by atoms with E-state index in [1.165, 1.54) is 24.1 Å². The third kappa shape index (κ3) is 7.63. The molecule has 214 valence electrons. The van der Waals surface area contributed by atoms with Crippen LogP contribution in [-0.4, -0.2) is 50.4 Å². The highest BCUT2D eigenvalue weighted by molar-refractivity contribution is 7.92. The Kier molecular flexibility index (Phi) is 9.63. The van der Waals surface area contributed by atoms with Crippen LogP contribution in [0.1, 0.15) is 44.4 Å². The first-order valence-corrected chi connectivity index (χ1v) is 14.6. The average molecular weight is 566 g/mol. The van der Waals surface area contributed by atoms with E-state index in [0.29, 0.717) is 5.75 Å². The Morgan fingerprint density at radius 3 is 2.20 bits per heavy atom. The maximum absolute atomic E-state index is 14.0. The zero-order valence-corrected chi connectivity index (χ0v) is 25.1. The number of sulfonamides is 1. The average Bonchev–Trinajstić information content (AvgIpc) is 2.90. The molecular formula is C31H39N3O5S. The number of ether oxygens (including phenoxy) is 1. The summed E-state index contributed by atoms with van der Waals surface area (Å²) in [6, 6.07) is 19.8. The largest absolute Gasteiger partial charge is 0.497 e. The fourth-order valence-corrected chi connectivity index (χ4v) is 5.57. The quantitative estimate of drug-likeness (QED) is 0.380. The van der Waals surface area contributed by atoms with Crippen LogP contribution in [0.3, 0.4) is 0 Å². The number of benzene rings is 3. The zero-order valence-electron chi connectivity index (χ0n) is 24.3. The molecule has 1 N–H and O–H groups in total. The van der Waals surface area contributed by atoms with Crippen molar-refractivity contribution >= 4 is 27.5 Å². The molecule has 2 amide bonds. The third-order valence-corrected chi connectivity index (χ3v) is 8.28. The maximum Gasteiger partial charge on any atom is 0.264 e. The van der Waals surface area contributed by atoms with E-state index in [9.17, 15) is 18.0 Å². The van der Waals surface area contributed by atoms with Crippen LogP contribution < -0.4 is 14.4 Å². The summed E-state index contributed by atoms with van der Waals surface area (Å²) in [5.74, 6) is -0.397. The Bertz CT molecular complexity index is 1450. The lowest BCUT2D eigenvalue weighted by Gasteiger charge is -2.33. The van der Waals surface area contributed by atoms with Crippen LogP contribution in [0, 0.1) is 13.8 Å². The summed E-state index contributed by atoms with van der Waals surface area (Å²) >= 11 is 0. The SMILES string of the molecule is COc1cccc(N(CC(=O)N(Cc2ccccc2C)[C@H](C)C(=O)NC(C)(C)C)S(=O)(=O)c2ccc(C)cc2)c1. The van der Waals surface area contributed by atoms with E-state index >= 15 is 0 Å². The molecule has 0 aliphatic rings. The van der Waals surface area contributed by atoms with Crippen LogP contribution in [0.2, 0.25) is 0 Å². The molecule has 9 heteroatoms. The monoisotopic (exact) mass is 565 g/mol. The molecule has 1 atom stereocenters. The van der Waals surface area contributed by atoms with Crippen LogP contribution >= 0.6 is 0 Å². The number of nitrogens with one attached hydrogen (secondary N) is 1. The lowest BCUT2D eigenvalue weighted by molar-refractivity contribution is -0.140. The molecule has 40 heavy (non-hydrogen) atoms. The number of amides is 2. The molecule has 0 radical (unpaired) electrons. The first-order chi connectivity index (χ1) is 18.7. The number of anilines is 1. The number of carbonyl (C=O) groups is 2. The molecule has 3 aromatic carbocycles.